The van der Waals surface area contributed by atoms with Gasteiger partial charge in [-0.3, -0.25) is 4.79 Å². The summed E-state index contributed by atoms with van der Waals surface area (Å²) in [6.45, 7) is 23.3. The molecule has 0 saturated heterocycles. The normalized spacial score (nSPS) is 12.4. The smallest absolute Gasteiger partial charge is 0.497 e. The second kappa shape index (κ2) is 20.6. The zero-order valence-electron chi connectivity index (χ0n) is 39.8. The Bertz CT molecular complexity index is 2510. The van der Waals surface area contributed by atoms with Gasteiger partial charge in [-0.25, -0.2) is 0 Å². The molecule has 0 amide bonds. The molecule has 9 nitrogen and oxygen atoms in total. The zero-order chi connectivity index (χ0) is 47.1. The van der Waals surface area contributed by atoms with Gasteiger partial charge in [0.05, 0.1) is 25.3 Å². The van der Waals surface area contributed by atoms with Crippen molar-refractivity contribution in [3.63, 3.8) is 0 Å². The molecule has 0 bridgehead atoms. The van der Waals surface area contributed by atoms with Crippen molar-refractivity contribution in [3.05, 3.63) is 167 Å². The second-order valence-corrected chi connectivity index (χ2v) is 21.0. The Hall–Kier alpha value is -5.75. The van der Waals surface area contributed by atoms with Gasteiger partial charge in [0, 0.05) is 28.8 Å². The maximum Gasteiger partial charge on any atom is 0.530 e. The monoisotopic (exact) mass is 916 g/mol. The molecule has 6 aromatic carbocycles. The lowest BCUT2D eigenvalue weighted by Crippen LogP contribution is -2.16. The molecule has 0 fully saturated rings. The first-order chi connectivity index (χ1) is 30.8. The van der Waals surface area contributed by atoms with E-state index in [0.29, 0.717) is 34.5 Å². The largest absolute Gasteiger partial charge is 0.530 e. The van der Waals surface area contributed by atoms with E-state index in [1.54, 1.807) is 50.6 Å². The van der Waals surface area contributed by atoms with E-state index in [1.165, 1.54) is 0 Å². The van der Waals surface area contributed by atoms with E-state index in [4.69, 9.17) is 36.6 Å². The summed E-state index contributed by atoms with van der Waals surface area (Å²) < 4.78 is 51.8. The van der Waals surface area contributed by atoms with Crippen molar-refractivity contribution < 1.29 is 41.4 Å². The number of carbonyl (C=O) groups is 1. The number of para-hydroxylation sites is 4. The topological polar surface area (TPSA) is 90.9 Å². The lowest BCUT2D eigenvalue weighted by molar-refractivity contribution is 0.103. The predicted octanol–water partition coefficient (Wildman–Crippen LogP) is 15.5. The van der Waals surface area contributed by atoms with Crippen molar-refractivity contribution in [2.24, 2.45) is 0 Å². The summed E-state index contributed by atoms with van der Waals surface area (Å²) in [5.41, 5.74) is 3.52. The van der Waals surface area contributed by atoms with Crippen LogP contribution in [0.2, 0.25) is 0 Å². The van der Waals surface area contributed by atoms with Crippen LogP contribution in [0.5, 0.6) is 46.0 Å². The second-order valence-electron chi connectivity index (χ2n) is 19.0. The zero-order valence-corrected chi connectivity index (χ0v) is 41.6. The van der Waals surface area contributed by atoms with Gasteiger partial charge >= 0.3 is 17.2 Å². The van der Waals surface area contributed by atoms with E-state index in [0.717, 1.165) is 22.3 Å². The highest BCUT2D eigenvalue weighted by Crippen LogP contribution is 2.51. The molecule has 0 radical (unpaired) electrons. The van der Waals surface area contributed by atoms with E-state index in [2.05, 4.69) is 76.2 Å². The maximum absolute atomic E-state index is 15.2. The molecular formula is C54H62O9P2. The van der Waals surface area contributed by atoms with Gasteiger partial charge in [0.25, 0.3) is 0 Å². The van der Waals surface area contributed by atoms with Gasteiger partial charge in [-0.1, -0.05) is 149 Å². The molecule has 0 heterocycles. The summed E-state index contributed by atoms with van der Waals surface area (Å²) >= 11 is 0. The number of ketones is 1. The third kappa shape index (κ3) is 12.3. The third-order valence-electron chi connectivity index (χ3n) is 10.5. The predicted molar refractivity (Wildman–Crippen MR) is 263 cm³/mol. The van der Waals surface area contributed by atoms with Gasteiger partial charge in [-0.15, -0.1) is 0 Å². The van der Waals surface area contributed by atoms with Crippen LogP contribution in [0.4, 0.5) is 0 Å². The van der Waals surface area contributed by atoms with Gasteiger partial charge in [0.2, 0.25) is 5.78 Å². The van der Waals surface area contributed by atoms with E-state index in [1.807, 2.05) is 97.1 Å². The summed E-state index contributed by atoms with van der Waals surface area (Å²) in [7, 11) is -1.36. The van der Waals surface area contributed by atoms with Gasteiger partial charge in [-0.05, 0) is 76.3 Å². The molecule has 1 atom stereocenters. The fourth-order valence-corrected chi connectivity index (χ4v) is 9.20. The Morgan fingerprint density at radius 3 is 1.06 bits per heavy atom. The van der Waals surface area contributed by atoms with Gasteiger partial charge in [0.15, 0.2) is 0 Å². The van der Waals surface area contributed by atoms with E-state index in [-0.39, 0.29) is 44.8 Å². The van der Waals surface area contributed by atoms with Crippen LogP contribution in [0.3, 0.4) is 0 Å². The van der Waals surface area contributed by atoms with Crippen molar-refractivity contribution in [1.82, 2.24) is 0 Å². The van der Waals surface area contributed by atoms with Crippen LogP contribution in [0, 0.1) is 0 Å². The Morgan fingerprint density at radius 2 is 0.723 bits per heavy atom. The summed E-state index contributed by atoms with van der Waals surface area (Å²) in [5, 5.41) is 0. The minimum absolute atomic E-state index is 0.148. The van der Waals surface area contributed by atoms with Crippen molar-refractivity contribution in [3.8, 4) is 46.0 Å². The molecule has 11 heteroatoms. The number of ether oxygens (including phenoxy) is 2. The SMILES string of the molecule is COc1ccc(C(=O)c2ccc(OC)cc2OP(Oc2ccccc2C(C)(C)C)Oc2ccccc2C(C)(C)C)c(OP(Oc2ccccc2C(C)C)Oc2ccccc2C(C)(C)C)c1. The van der Waals surface area contributed by atoms with Crippen LogP contribution >= 0.6 is 17.2 Å². The van der Waals surface area contributed by atoms with Gasteiger partial charge < -0.3 is 36.6 Å². The molecule has 0 spiro atoms. The minimum Gasteiger partial charge on any atom is -0.497 e. The highest BCUT2D eigenvalue weighted by molar-refractivity contribution is 7.43. The lowest BCUT2D eigenvalue weighted by atomic mass is 9.86. The van der Waals surface area contributed by atoms with E-state index in [9.17, 15) is 0 Å². The molecule has 0 saturated carbocycles. The lowest BCUT2D eigenvalue weighted by Gasteiger charge is -2.27. The molecular weight excluding hydrogens is 855 g/mol. The van der Waals surface area contributed by atoms with Crippen LogP contribution in [0.15, 0.2) is 133 Å². The fraction of sp³-hybridized carbons (Fsp3) is 0.315. The standard InChI is InChI=1S/C54H62O9P2/c1-36(2)39-22-14-18-26-45(39)58-64(59-46-27-19-15-23-42(46)52(3,4)5)62-49-34-37(56-12)30-32-40(49)51(55)41-33-31-38(57-13)35-50(41)63-65(60-47-28-20-16-24-43(47)53(6,7)8)61-48-29-21-17-25-44(48)54(9,10)11/h14-36H,1-13H3. The van der Waals surface area contributed by atoms with Crippen LogP contribution in [-0.4, -0.2) is 20.0 Å². The van der Waals surface area contributed by atoms with E-state index >= 15 is 4.79 Å². The summed E-state index contributed by atoms with van der Waals surface area (Å²) in [6, 6.07) is 41.4. The molecule has 0 aromatic heterocycles. The van der Waals surface area contributed by atoms with Crippen LogP contribution in [0.1, 0.15) is 120 Å². The molecule has 0 N–H and O–H groups in total. The van der Waals surface area contributed by atoms with Crippen LogP contribution < -0.4 is 36.6 Å². The highest BCUT2D eigenvalue weighted by atomic mass is 31.2. The first kappa shape index (κ1) is 48.7. The number of rotatable bonds is 17. The molecule has 0 aliphatic rings. The number of hydrogen-bond acceptors (Lipinski definition) is 9. The molecule has 0 aliphatic heterocycles. The average Bonchev–Trinajstić information content (AvgIpc) is 3.25. The molecule has 342 valence electrons. The fourth-order valence-electron chi connectivity index (χ4n) is 7.06. The third-order valence-corrected chi connectivity index (χ3v) is 12.6. The number of carbonyl (C=O) groups excluding carboxylic acids is 1. The van der Waals surface area contributed by atoms with Gasteiger partial charge in [-0.2, -0.15) is 0 Å². The quantitative estimate of drug-likeness (QED) is 0.0655. The summed E-state index contributed by atoms with van der Waals surface area (Å²) in [4.78, 5) is 15.2. The molecule has 1 unspecified atom stereocenters. The molecule has 6 rings (SSSR count). The van der Waals surface area contributed by atoms with Crippen molar-refractivity contribution in [2.45, 2.75) is 98.3 Å². The molecule has 65 heavy (non-hydrogen) atoms. The van der Waals surface area contributed by atoms with Gasteiger partial charge in [0.1, 0.15) is 46.0 Å². The Kier molecular flexibility index (Phi) is 15.4. The Labute approximate surface area is 388 Å². The number of hydrogen-bond donors (Lipinski definition) is 0. The van der Waals surface area contributed by atoms with Crippen molar-refractivity contribution in [1.29, 1.82) is 0 Å². The first-order valence-corrected chi connectivity index (χ1v) is 23.9. The molecule has 0 aliphatic carbocycles. The number of benzene rings is 6. The van der Waals surface area contributed by atoms with E-state index < -0.39 is 23.0 Å². The Morgan fingerprint density at radius 1 is 0.415 bits per heavy atom. The molecule has 6 aromatic rings. The van der Waals surface area contributed by atoms with Crippen molar-refractivity contribution in [2.75, 3.05) is 14.2 Å². The summed E-state index contributed by atoms with van der Waals surface area (Å²) in [5.74, 6) is 3.45. The minimum atomic E-state index is -2.25. The van der Waals surface area contributed by atoms with Crippen LogP contribution in [-0.2, 0) is 16.2 Å². The maximum atomic E-state index is 15.2. The first-order valence-electron chi connectivity index (χ1n) is 21.7. The van der Waals surface area contributed by atoms with Crippen LogP contribution in [0.25, 0.3) is 0 Å². The Balaban J connectivity index is 1.45. The average molecular weight is 917 g/mol. The van der Waals surface area contributed by atoms with Crippen molar-refractivity contribution >= 4 is 23.0 Å². The highest BCUT2D eigenvalue weighted by Gasteiger charge is 2.32. The summed E-state index contributed by atoms with van der Waals surface area (Å²) in [6.07, 6.45) is 0. The number of methoxy groups -OCH3 is 2.